The van der Waals surface area contributed by atoms with Crippen LogP contribution >= 0.6 is 0 Å². The first-order valence-corrected chi connectivity index (χ1v) is 9.60. The SMILES string of the molecule is C=CN1C2C3N(C=CC)C1C1N(C=C)C(C(N3/C=C\C)N1/C=C\C)N2C=C. The van der Waals surface area contributed by atoms with Gasteiger partial charge in [-0.3, -0.25) is 0 Å². The Balaban J connectivity index is 2.01. The molecule has 0 saturated carbocycles. The average molecular weight is 367 g/mol. The Hall–Kier alpha value is -2.76. The molecule has 0 radical (unpaired) electrons. The first kappa shape index (κ1) is 17.6. The van der Waals surface area contributed by atoms with Gasteiger partial charge in [0.2, 0.25) is 0 Å². The zero-order valence-electron chi connectivity index (χ0n) is 16.5. The van der Waals surface area contributed by atoms with Crippen molar-refractivity contribution in [3.63, 3.8) is 0 Å². The zero-order valence-corrected chi connectivity index (χ0v) is 16.5. The fraction of sp³-hybridized carbons (Fsp3) is 0.429. The summed E-state index contributed by atoms with van der Waals surface area (Å²) in [6.45, 7) is 18.7. The molecule has 6 unspecified atom stereocenters. The summed E-state index contributed by atoms with van der Waals surface area (Å²) in [5, 5.41) is 0. The van der Waals surface area contributed by atoms with Crippen molar-refractivity contribution in [1.82, 2.24) is 29.4 Å². The molecule has 0 amide bonds. The second kappa shape index (κ2) is 6.44. The third-order valence-electron chi connectivity index (χ3n) is 6.06. The molecule has 0 aromatic rings. The fourth-order valence-corrected chi connectivity index (χ4v) is 5.40. The van der Waals surface area contributed by atoms with Crippen molar-refractivity contribution < 1.29 is 0 Å². The molecule has 5 aliphatic heterocycles. The van der Waals surface area contributed by atoms with Crippen LogP contribution in [0.5, 0.6) is 0 Å². The molecule has 6 heteroatoms. The maximum atomic E-state index is 4.16. The molecule has 5 saturated heterocycles. The number of nitrogens with zero attached hydrogens (tertiary/aromatic N) is 6. The van der Waals surface area contributed by atoms with Crippen LogP contribution in [0.3, 0.4) is 0 Å². The van der Waals surface area contributed by atoms with E-state index in [1.54, 1.807) is 0 Å². The van der Waals surface area contributed by atoms with Gasteiger partial charge in [0.15, 0.2) is 0 Å². The van der Waals surface area contributed by atoms with Gasteiger partial charge < -0.3 is 29.4 Å². The van der Waals surface area contributed by atoms with Crippen LogP contribution in [0.15, 0.2) is 75.2 Å². The van der Waals surface area contributed by atoms with Gasteiger partial charge >= 0.3 is 0 Å². The number of hydrogen-bond acceptors (Lipinski definition) is 6. The van der Waals surface area contributed by atoms with Crippen molar-refractivity contribution in [3.05, 3.63) is 75.2 Å². The van der Waals surface area contributed by atoms with Crippen molar-refractivity contribution >= 4 is 0 Å². The van der Waals surface area contributed by atoms with Gasteiger partial charge in [-0.15, -0.1) is 0 Å². The van der Waals surface area contributed by atoms with E-state index in [0.29, 0.717) is 0 Å². The molecule has 144 valence electrons. The Bertz CT molecular complexity index is 661. The number of allylic oxidation sites excluding steroid dienone is 3. The van der Waals surface area contributed by atoms with Gasteiger partial charge in [-0.05, 0) is 58.0 Å². The Morgan fingerprint density at radius 2 is 0.667 bits per heavy atom. The summed E-state index contributed by atoms with van der Waals surface area (Å²) < 4.78 is 0. The lowest BCUT2D eigenvalue weighted by Gasteiger charge is -2.54. The highest BCUT2D eigenvalue weighted by atomic mass is 15.8. The molecule has 0 spiro atoms. The molecule has 0 aromatic carbocycles. The average Bonchev–Trinajstić information content (AvgIpc) is 3.09. The van der Waals surface area contributed by atoms with Crippen LogP contribution < -0.4 is 0 Å². The second-order valence-corrected chi connectivity index (χ2v) is 7.16. The molecule has 0 aliphatic carbocycles. The van der Waals surface area contributed by atoms with Crippen LogP contribution in [-0.2, 0) is 0 Å². The molecular formula is C21H30N6. The third-order valence-corrected chi connectivity index (χ3v) is 6.06. The van der Waals surface area contributed by atoms with Gasteiger partial charge in [0.25, 0.3) is 0 Å². The van der Waals surface area contributed by atoms with Crippen molar-refractivity contribution in [2.75, 3.05) is 0 Å². The summed E-state index contributed by atoms with van der Waals surface area (Å²) in [5.74, 6) is 0. The quantitative estimate of drug-likeness (QED) is 0.715. The number of rotatable bonds is 6. The molecule has 5 aliphatic rings. The summed E-state index contributed by atoms with van der Waals surface area (Å²) in [4.78, 5) is 14.5. The van der Waals surface area contributed by atoms with E-state index in [1.807, 2.05) is 18.6 Å². The van der Waals surface area contributed by atoms with Crippen LogP contribution in [0, 0.1) is 0 Å². The first-order valence-electron chi connectivity index (χ1n) is 9.60. The minimum absolute atomic E-state index is 0.121. The molecule has 0 N–H and O–H groups in total. The Morgan fingerprint density at radius 3 is 0.889 bits per heavy atom. The van der Waals surface area contributed by atoms with E-state index in [-0.39, 0.29) is 37.0 Å². The molecule has 6 bridgehead atoms. The standard InChI is InChI=1S/C21H30N6/c1-7-13-25-18-19-24(12-6)17-21(26(19)14-8-2)27(15-9-3)20(25)16(22(17)10-4)23(18)11-5/h7-21H,4-6H2,1-3H3/b13-7-,14-8?,15-9-. The van der Waals surface area contributed by atoms with Gasteiger partial charge in [0.05, 0.1) is 0 Å². The van der Waals surface area contributed by atoms with Gasteiger partial charge in [-0.1, -0.05) is 38.0 Å². The molecule has 6 nitrogen and oxygen atoms in total. The minimum Gasteiger partial charge on any atom is -0.331 e. The first-order chi connectivity index (χ1) is 13.2. The largest absolute Gasteiger partial charge is 0.331 e. The van der Waals surface area contributed by atoms with E-state index < -0.39 is 0 Å². The van der Waals surface area contributed by atoms with Crippen molar-refractivity contribution in [3.8, 4) is 0 Å². The topological polar surface area (TPSA) is 19.4 Å². The van der Waals surface area contributed by atoms with Crippen molar-refractivity contribution in [2.24, 2.45) is 0 Å². The smallest absolute Gasteiger partial charge is 0.144 e. The summed E-state index contributed by atoms with van der Waals surface area (Å²) in [6, 6.07) is 0. The van der Waals surface area contributed by atoms with Crippen LogP contribution in [-0.4, -0.2) is 66.4 Å². The highest BCUT2D eigenvalue weighted by Gasteiger charge is 2.69. The lowest BCUT2D eigenvalue weighted by Crippen LogP contribution is -2.70. The predicted octanol–water partition coefficient (Wildman–Crippen LogP) is 2.84. The number of hydrogen-bond donors (Lipinski definition) is 0. The summed E-state index contributed by atoms with van der Waals surface area (Å²) in [6.07, 6.45) is 19.8. The van der Waals surface area contributed by atoms with Crippen LogP contribution in [0.4, 0.5) is 0 Å². The van der Waals surface area contributed by atoms with E-state index in [1.165, 1.54) is 0 Å². The lowest BCUT2D eigenvalue weighted by molar-refractivity contribution is -0.0925. The van der Waals surface area contributed by atoms with E-state index in [4.69, 9.17) is 0 Å². The van der Waals surface area contributed by atoms with Crippen LogP contribution in [0.1, 0.15) is 20.8 Å². The van der Waals surface area contributed by atoms with Crippen LogP contribution in [0.25, 0.3) is 0 Å². The fourth-order valence-electron chi connectivity index (χ4n) is 5.40. The molecule has 0 aromatic heterocycles. The number of piperazine rings is 1. The summed E-state index contributed by atoms with van der Waals surface area (Å²) >= 11 is 0. The maximum absolute atomic E-state index is 4.16. The van der Waals surface area contributed by atoms with Gasteiger partial charge in [0, 0.05) is 0 Å². The van der Waals surface area contributed by atoms with E-state index >= 15 is 0 Å². The van der Waals surface area contributed by atoms with Crippen molar-refractivity contribution in [2.45, 2.75) is 57.8 Å². The normalized spacial score (nSPS) is 37.0. The molecule has 27 heavy (non-hydrogen) atoms. The Morgan fingerprint density at radius 1 is 0.444 bits per heavy atom. The summed E-state index contributed by atoms with van der Waals surface area (Å²) in [7, 11) is 0. The lowest BCUT2D eigenvalue weighted by atomic mass is 10.1. The monoisotopic (exact) mass is 366 g/mol. The Labute approximate surface area is 162 Å². The predicted molar refractivity (Wildman–Crippen MR) is 109 cm³/mol. The molecule has 5 rings (SSSR count). The van der Waals surface area contributed by atoms with Crippen molar-refractivity contribution in [1.29, 1.82) is 0 Å². The molecular weight excluding hydrogens is 336 g/mol. The molecule has 5 heterocycles. The van der Waals surface area contributed by atoms with Gasteiger partial charge in [-0.2, -0.15) is 0 Å². The van der Waals surface area contributed by atoms with Crippen LogP contribution in [0.2, 0.25) is 0 Å². The molecule has 5 fully saturated rings. The highest BCUT2D eigenvalue weighted by molar-refractivity contribution is 5.25. The van der Waals surface area contributed by atoms with Gasteiger partial charge in [0.1, 0.15) is 37.0 Å². The summed E-state index contributed by atoms with van der Waals surface area (Å²) in [5.41, 5.74) is 0. The minimum atomic E-state index is 0.121. The third kappa shape index (κ3) is 2.01. The molecule has 6 atom stereocenters. The second-order valence-electron chi connectivity index (χ2n) is 7.16. The van der Waals surface area contributed by atoms with E-state index in [0.717, 1.165) is 0 Å². The van der Waals surface area contributed by atoms with E-state index in [2.05, 4.69) is 107 Å². The van der Waals surface area contributed by atoms with Gasteiger partial charge in [-0.25, -0.2) is 0 Å². The van der Waals surface area contributed by atoms with E-state index in [9.17, 15) is 0 Å². The maximum Gasteiger partial charge on any atom is 0.144 e. The highest BCUT2D eigenvalue weighted by Crippen LogP contribution is 2.52. The zero-order chi connectivity index (χ0) is 19.3. The Kier molecular flexibility index (Phi) is 4.21.